The van der Waals surface area contributed by atoms with Crippen molar-refractivity contribution >= 4 is 0 Å². The summed E-state index contributed by atoms with van der Waals surface area (Å²) in [5, 5.41) is 10.1. The highest BCUT2D eigenvalue weighted by atomic mass is 16.3. The van der Waals surface area contributed by atoms with Gasteiger partial charge in [0.05, 0.1) is 0 Å². The molecular weight excluding hydrogens is 208 g/mol. The molecule has 0 saturated carbocycles. The zero-order valence-corrected chi connectivity index (χ0v) is 10.4. The Morgan fingerprint density at radius 1 is 1.00 bits per heavy atom. The highest BCUT2D eigenvalue weighted by molar-refractivity contribution is 5.85. The number of phenolic OH excluding ortho intramolecular Hbond substituents is 1. The van der Waals surface area contributed by atoms with Gasteiger partial charge in [0, 0.05) is 11.0 Å². The Balaban J connectivity index is 2.48. The van der Waals surface area contributed by atoms with Gasteiger partial charge < -0.3 is 5.11 Å². The summed E-state index contributed by atoms with van der Waals surface area (Å²) in [5.41, 5.74) is 5.99. The molecule has 0 saturated heterocycles. The molecule has 1 N–H and O–H groups in total. The van der Waals surface area contributed by atoms with Crippen molar-refractivity contribution in [1.29, 1.82) is 0 Å². The molecule has 0 bridgehead atoms. The summed E-state index contributed by atoms with van der Waals surface area (Å²) in [5.74, 6) is 0.392. The molecule has 0 aromatic heterocycles. The fourth-order valence-electron chi connectivity index (χ4n) is 3.15. The summed E-state index contributed by atoms with van der Waals surface area (Å²) >= 11 is 0. The monoisotopic (exact) mass is 224 g/mol. The summed E-state index contributed by atoms with van der Waals surface area (Å²) in [7, 11) is 0. The second kappa shape index (κ2) is 3.13. The van der Waals surface area contributed by atoms with E-state index in [0.29, 0.717) is 5.75 Å². The Morgan fingerprint density at radius 3 is 2.47 bits per heavy atom. The van der Waals surface area contributed by atoms with Gasteiger partial charge >= 0.3 is 0 Å². The lowest BCUT2D eigenvalue weighted by Gasteiger charge is -2.23. The summed E-state index contributed by atoms with van der Waals surface area (Å²) in [6.07, 6.45) is 0. The van der Waals surface area contributed by atoms with Crippen LogP contribution in [0.25, 0.3) is 11.1 Å². The third-order valence-electron chi connectivity index (χ3n) is 3.89. The largest absolute Gasteiger partial charge is 0.507 e. The van der Waals surface area contributed by atoms with E-state index in [1.807, 2.05) is 12.1 Å². The Morgan fingerprint density at radius 2 is 1.71 bits per heavy atom. The summed E-state index contributed by atoms with van der Waals surface area (Å²) in [6.45, 7) is 6.57. The minimum absolute atomic E-state index is 0.0191. The van der Waals surface area contributed by atoms with Crippen LogP contribution in [0.2, 0.25) is 0 Å². The predicted molar refractivity (Wildman–Crippen MR) is 70.4 cm³/mol. The number of hydrogen-bond acceptors (Lipinski definition) is 1. The van der Waals surface area contributed by atoms with Crippen LogP contribution in [-0.2, 0) is 5.41 Å². The fraction of sp³-hybridized carbons (Fsp3) is 0.250. The number of fused-ring (bicyclic) bond motifs is 3. The van der Waals surface area contributed by atoms with Crippen LogP contribution in [0.1, 0.15) is 30.5 Å². The van der Waals surface area contributed by atoms with E-state index in [0.717, 1.165) is 5.56 Å². The van der Waals surface area contributed by atoms with Crippen molar-refractivity contribution in [1.82, 2.24) is 0 Å². The van der Waals surface area contributed by atoms with Gasteiger partial charge in [-0.05, 0) is 35.2 Å². The maximum atomic E-state index is 10.1. The van der Waals surface area contributed by atoms with Gasteiger partial charge in [-0.15, -0.1) is 0 Å². The lowest BCUT2D eigenvalue weighted by atomic mass is 9.80. The van der Waals surface area contributed by atoms with E-state index in [-0.39, 0.29) is 5.41 Å². The number of aromatic hydroxyl groups is 1. The van der Waals surface area contributed by atoms with Crippen molar-refractivity contribution in [2.24, 2.45) is 0 Å². The Bertz CT molecular complexity index is 609. The molecule has 0 radical (unpaired) electrons. The average Bonchev–Trinajstić information content (AvgIpc) is 2.55. The lowest BCUT2D eigenvalue weighted by Crippen LogP contribution is -2.16. The maximum absolute atomic E-state index is 10.1. The van der Waals surface area contributed by atoms with Crippen molar-refractivity contribution in [3.05, 3.63) is 53.1 Å². The smallest absolute Gasteiger partial charge is 0.123 e. The Hall–Kier alpha value is -1.76. The predicted octanol–water partition coefficient (Wildman–Crippen LogP) is 4.01. The van der Waals surface area contributed by atoms with Crippen molar-refractivity contribution in [3.63, 3.8) is 0 Å². The third-order valence-corrected chi connectivity index (χ3v) is 3.89. The van der Waals surface area contributed by atoms with E-state index in [1.54, 1.807) is 6.07 Å². The van der Waals surface area contributed by atoms with Crippen LogP contribution in [0.3, 0.4) is 0 Å². The standard InChI is InChI=1S/C16H16O/c1-10-8-9-13(17)14-11-6-4-5-7-12(11)16(2,3)15(10)14/h4-9,17H,1-3H3. The molecule has 86 valence electrons. The number of aryl methyl sites for hydroxylation is 1. The first-order chi connectivity index (χ1) is 8.03. The van der Waals surface area contributed by atoms with E-state index >= 15 is 0 Å². The summed E-state index contributed by atoms with van der Waals surface area (Å²) in [4.78, 5) is 0. The molecule has 3 rings (SSSR count). The van der Waals surface area contributed by atoms with Gasteiger partial charge in [0.15, 0.2) is 0 Å². The SMILES string of the molecule is Cc1ccc(O)c2c1C(C)(C)c1ccccc1-2. The van der Waals surface area contributed by atoms with Gasteiger partial charge in [0.2, 0.25) is 0 Å². The third kappa shape index (κ3) is 1.20. The first kappa shape index (κ1) is 10.4. The normalized spacial score (nSPS) is 15.5. The van der Waals surface area contributed by atoms with Crippen molar-refractivity contribution in [2.75, 3.05) is 0 Å². The van der Waals surface area contributed by atoms with Gasteiger partial charge in [0.1, 0.15) is 5.75 Å². The molecule has 1 heteroatoms. The topological polar surface area (TPSA) is 20.2 Å². The van der Waals surface area contributed by atoms with Crippen molar-refractivity contribution in [3.8, 4) is 16.9 Å². The molecule has 0 atom stereocenters. The molecule has 0 amide bonds. The molecule has 1 nitrogen and oxygen atoms in total. The molecule has 2 aromatic carbocycles. The van der Waals surface area contributed by atoms with Crippen LogP contribution in [0.15, 0.2) is 36.4 Å². The molecular formula is C16H16O. The van der Waals surface area contributed by atoms with Crippen LogP contribution in [0.5, 0.6) is 5.75 Å². The minimum Gasteiger partial charge on any atom is -0.507 e. The molecule has 1 aliphatic rings. The van der Waals surface area contributed by atoms with Gasteiger partial charge in [-0.3, -0.25) is 0 Å². The number of rotatable bonds is 0. The van der Waals surface area contributed by atoms with Crippen LogP contribution in [0, 0.1) is 6.92 Å². The van der Waals surface area contributed by atoms with Crippen molar-refractivity contribution < 1.29 is 5.11 Å². The zero-order valence-electron chi connectivity index (χ0n) is 10.4. The zero-order chi connectivity index (χ0) is 12.2. The molecule has 0 fully saturated rings. The van der Waals surface area contributed by atoms with Crippen LogP contribution in [0.4, 0.5) is 0 Å². The van der Waals surface area contributed by atoms with E-state index < -0.39 is 0 Å². The van der Waals surface area contributed by atoms with Crippen molar-refractivity contribution in [2.45, 2.75) is 26.2 Å². The number of benzene rings is 2. The van der Waals surface area contributed by atoms with Gasteiger partial charge in [-0.2, -0.15) is 0 Å². The molecule has 2 aromatic rings. The Labute approximate surface area is 102 Å². The molecule has 0 heterocycles. The second-order valence-electron chi connectivity index (χ2n) is 5.32. The fourth-order valence-corrected chi connectivity index (χ4v) is 3.15. The van der Waals surface area contributed by atoms with E-state index in [1.165, 1.54) is 22.3 Å². The quantitative estimate of drug-likeness (QED) is 0.717. The van der Waals surface area contributed by atoms with Crippen LogP contribution < -0.4 is 0 Å². The van der Waals surface area contributed by atoms with E-state index in [2.05, 4.69) is 39.0 Å². The highest BCUT2D eigenvalue weighted by Crippen LogP contribution is 2.52. The molecule has 1 aliphatic carbocycles. The molecule has 0 unspecified atom stereocenters. The number of phenols is 1. The summed E-state index contributed by atoms with van der Waals surface area (Å²) < 4.78 is 0. The van der Waals surface area contributed by atoms with E-state index in [4.69, 9.17) is 0 Å². The number of hydrogen-bond donors (Lipinski definition) is 1. The maximum Gasteiger partial charge on any atom is 0.123 e. The van der Waals surface area contributed by atoms with Gasteiger partial charge in [-0.1, -0.05) is 44.2 Å². The Kier molecular flexibility index (Phi) is 1.91. The minimum atomic E-state index is -0.0191. The van der Waals surface area contributed by atoms with Crippen LogP contribution >= 0.6 is 0 Å². The molecule has 17 heavy (non-hydrogen) atoms. The first-order valence-corrected chi connectivity index (χ1v) is 5.96. The molecule has 0 spiro atoms. The highest BCUT2D eigenvalue weighted by Gasteiger charge is 2.37. The second-order valence-corrected chi connectivity index (χ2v) is 5.32. The van der Waals surface area contributed by atoms with Gasteiger partial charge in [0.25, 0.3) is 0 Å². The lowest BCUT2D eigenvalue weighted by molar-refractivity contribution is 0.476. The van der Waals surface area contributed by atoms with E-state index in [9.17, 15) is 5.11 Å². The van der Waals surface area contributed by atoms with Crippen LogP contribution in [-0.4, -0.2) is 5.11 Å². The average molecular weight is 224 g/mol. The van der Waals surface area contributed by atoms with Gasteiger partial charge in [-0.25, -0.2) is 0 Å². The molecule has 0 aliphatic heterocycles. The first-order valence-electron chi connectivity index (χ1n) is 5.96. The summed E-state index contributed by atoms with van der Waals surface area (Å²) in [6, 6.07) is 12.2.